The standard InChI is InChI=1S/C11H21NO3/c1-10(2,3)15-9(14)12-7-11(4,5)8(12)6-13/h8,13H,6-7H2,1-5H3. The van der Waals surface area contributed by atoms with Gasteiger partial charge < -0.3 is 14.7 Å². The van der Waals surface area contributed by atoms with Gasteiger partial charge in [-0.15, -0.1) is 0 Å². The molecule has 1 rings (SSSR count). The smallest absolute Gasteiger partial charge is 0.410 e. The molecule has 0 saturated carbocycles. The van der Waals surface area contributed by atoms with E-state index in [9.17, 15) is 9.90 Å². The predicted octanol–water partition coefficient (Wildman–Crippen LogP) is 1.62. The van der Waals surface area contributed by atoms with Gasteiger partial charge in [-0.05, 0) is 20.8 Å². The number of hydrogen-bond acceptors (Lipinski definition) is 3. The molecule has 15 heavy (non-hydrogen) atoms. The Morgan fingerprint density at radius 3 is 2.40 bits per heavy atom. The Balaban J connectivity index is 2.57. The molecule has 1 fully saturated rings. The van der Waals surface area contributed by atoms with Crippen molar-refractivity contribution in [2.45, 2.75) is 46.3 Å². The largest absolute Gasteiger partial charge is 0.444 e. The van der Waals surface area contributed by atoms with E-state index in [0.717, 1.165) is 0 Å². The molecule has 0 aromatic carbocycles. The zero-order chi connectivity index (χ0) is 11.9. The third-order valence-electron chi connectivity index (χ3n) is 2.66. The zero-order valence-electron chi connectivity index (χ0n) is 10.2. The molecule has 0 radical (unpaired) electrons. The van der Waals surface area contributed by atoms with Gasteiger partial charge in [-0.1, -0.05) is 13.8 Å². The molecule has 1 saturated heterocycles. The second kappa shape index (κ2) is 3.67. The van der Waals surface area contributed by atoms with Crippen LogP contribution in [0.3, 0.4) is 0 Å². The number of nitrogens with zero attached hydrogens (tertiary/aromatic N) is 1. The van der Waals surface area contributed by atoms with Crippen molar-refractivity contribution in [1.29, 1.82) is 0 Å². The lowest BCUT2D eigenvalue weighted by atomic mass is 9.75. The number of rotatable bonds is 1. The van der Waals surface area contributed by atoms with Crippen molar-refractivity contribution < 1.29 is 14.6 Å². The van der Waals surface area contributed by atoms with Gasteiger partial charge in [0.25, 0.3) is 0 Å². The number of carbonyl (C=O) groups excluding carboxylic acids is 1. The summed E-state index contributed by atoms with van der Waals surface area (Å²) in [5, 5.41) is 9.19. The lowest BCUT2D eigenvalue weighted by Gasteiger charge is -2.53. The van der Waals surface area contributed by atoms with Gasteiger partial charge >= 0.3 is 6.09 Å². The van der Waals surface area contributed by atoms with Gasteiger partial charge in [-0.2, -0.15) is 0 Å². The minimum absolute atomic E-state index is 0.00770. The maximum Gasteiger partial charge on any atom is 0.410 e. The summed E-state index contributed by atoms with van der Waals surface area (Å²) in [6, 6.07) is -0.118. The van der Waals surface area contributed by atoms with Crippen molar-refractivity contribution in [2.24, 2.45) is 5.41 Å². The number of aliphatic hydroxyl groups is 1. The molecule has 0 aromatic rings. The maximum atomic E-state index is 11.7. The molecule has 0 spiro atoms. The Labute approximate surface area is 91.2 Å². The van der Waals surface area contributed by atoms with Crippen LogP contribution in [0, 0.1) is 5.41 Å². The van der Waals surface area contributed by atoms with Gasteiger partial charge in [-0.25, -0.2) is 4.79 Å². The molecule has 4 nitrogen and oxygen atoms in total. The summed E-state index contributed by atoms with van der Waals surface area (Å²) in [7, 11) is 0. The summed E-state index contributed by atoms with van der Waals surface area (Å²) >= 11 is 0. The normalized spacial score (nSPS) is 24.7. The van der Waals surface area contributed by atoms with Crippen LogP contribution in [0.1, 0.15) is 34.6 Å². The molecule has 0 aliphatic carbocycles. The van der Waals surface area contributed by atoms with E-state index in [-0.39, 0.29) is 24.2 Å². The first-order chi connectivity index (χ1) is 6.67. The van der Waals surface area contributed by atoms with Gasteiger partial charge in [0.2, 0.25) is 0 Å². The van der Waals surface area contributed by atoms with Crippen LogP contribution in [0.15, 0.2) is 0 Å². The van der Waals surface area contributed by atoms with E-state index >= 15 is 0 Å². The summed E-state index contributed by atoms with van der Waals surface area (Å²) in [5.74, 6) is 0. The molecule has 1 heterocycles. The first kappa shape index (κ1) is 12.3. The highest BCUT2D eigenvalue weighted by atomic mass is 16.6. The minimum Gasteiger partial charge on any atom is -0.444 e. The van der Waals surface area contributed by atoms with Crippen molar-refractivity contribution in [3.63, 3.8) is 0 Å². The van der Waals surface area contributed by atoms with E-state index in [2.05, 4.69) is 0 Å². The summed E-state index contributed by atoms with van der Waals surface area (Å²) in [5.41, 5.74) is -0.484. The van der Waals surface area contributed by atoms with Crippen molar-refractivity contribution in [1.82, 2.24) is 4.90 Å². The fourth-order valence-corrected chi connectivity index (χ4v) is 1.82. The molecule has 1 aliphatic heterocycles. The number of hydrogen-bond donors (Lipinski definition) is 1. The van der Waals surface area contributed by atoms with E-state index in [1.165, 1.54) is 0 Å². The van der Waals surface area contributed by atoms with Crippen LogP contribution in [0.25, 0.3) is 0 Å². The molecule has 88 valence electrons. The first-order valence-corrected chi connectivity index (χ1v) is 5.28. The average molecular weight is 215 g/mol. The second-order valence-corrected chi connectivity index (χ2v) is 5.80. The summed E-state index contributed by atoms with van der Waals surface area (Å²) < 4.78 is 5.24. The predicted molar refractivity (Wildman–Crippen MR) is 57.6 cm³/mol. The van der Waals surface area contributed by atoms with Crippen LogP contribution in [0.5, 0.6) is 0 Å². The number of amides is 1. The fraction of sp³-hybridized carbons (Fsp3) is 0.909. The maximum absolute atomic E-state index is 11.7. The fourth-order valence-electron chi connectivity index (χ4n) is 1.82. The van der Waals surface area contributed by atoms with Gasteiger partial charge in [0.15, 0.2) is 0 Å². The van der Waals surface area contributed by atoms with Crippen LogP contribution in [-0.4, -0.2) is 40.9 Å². The summed E-state index contributed by atoms with van der Waals surface area (Å²) in [6.07, 6.45) is -0.333. The Morgan fingerprint density at radius 1 is 1.53 bits per heavy atom. The number of carbonyl (C=O) groups is 1. The number of likely N-dealkylation sites (tertiary alicyclic amines) is 1. The number of ether oxygens (including phenoxy) is 1. The molecular formula is C11H21NO3. The quantitative estimate of drug-likeness (QED) is 0.723. The van der Waals surface area contributed by atoms with Crippen molar-refractivity contribution >= 4 is 6.09 Å². The van der Waals surface area contributed by atoms with Crippen LogP contribution in [-0.2, 0) is 4.74 Å². The third-order valence-corrected chi connectivity index (χ3v) is 2.66. The van der Waals surface area contributed by atoms with E-state index < -0.39 is 5.60 Å². The van der Waals surface area contributed by atoms with E-state index in [4.69, 9.17) is 4.74 Å². The van der Waals surface area contributed by atoms with E-state index in [0.29, 0.717) is 6.54 Å². The highest BCUT2D eigenvalue weighted by Gasteiger charge is 2.48. The highest BCUT2D eigenvalue weighted by molar-refractivity contribution is 5.70. The topological polar surface area (TPSA) is 49.8 Å². The van der Waals surface area contributed by atoms with Gasteiger partial charge in [0, 0.05) is 12.0 Å². The van der Waals surface area contributed by atoms with Gasteiger partial charge in [-0.3, -0.25) is 0 Å². The Hall–Kier alpha value is -0.770. The minimum atomic E-state index is -0.475. The highest BCUT2D eigenvalue weighted by Crippen LogP contribution is 2.37. The Kier molecular flexibility index (Phi) is 3.01. The second-order valence-electron chi connectivity index (χ2n) is 5.80. The zero-order valence-corrected chi connectivity index (χ0v) is 10.2. The summed E-state index contributed by atoms with van der Waals surface area (Å²) in [6.45, 7) is 10.2. The number of aliphatic hydroxyl groups excluding tert-OH is 1. The van der Waals surface area contributed by atoms with Crippen molar-refractivity contribution in [2.75, 3.05) is 13.2 Å². The lowest BCUT2D eigenvalue weighted by Crippen LogP contribution is -2.65. The van der Waals surface area contributed by atoms with E-state index in [1.54, 1.807) is 4.90 Å². The van der Waals surface area contributed by atoms with Crippen molar-refractivity contribution in [3.8, 4) is 0 Å². The van der Waals surface area contributed by atoms with Crippen LogP contribution >= 0.6 is 0 Å². The van der Waals surface area contributed by atoms with Crippen molar-refractivity contribution in [3.05, 3.63) is 0 Å². The monoisotopic (exact) mass is 215 g/mol. The lowest BCUT2D eigenvalue weighted by molar-refractivity contribution is -0.0815. The Morgan fingerprint density at radius 2 is 2.07 bits per heavy atom. The third kappa shape index (κ3) is 2.62. The average Bonchev–Trinajstić information content (AvgIpc) is 1.97. The van der Waals surface area contributed by atoms with Gasteiger partial charge in [0.1, 0.15) is 5.60 Å². The molecule has 1 amide bonds. The van der Waals surface area contributed by atoms with Gasteiger partial charge in [0.05, 0.1) is 12.6 Å². The van der Waals surface area contributed by atoms with E-state index in [1.807, 2.05) is 34.6 Å². The molecule has 0 bridgehead atoms. The molecule has 4 heteroatoms. The summed E-state index contributed by atoms with van der Waals surface area (Å²) in [4.78, 5) is 13.3. The molecule has 1 N–H and O–H groups in total. The van der Waals surface area contributed by atoms with Crippen LogP contribution < -0.4 is 0 Å². The molecule has 1 aliphatic rings. The Bertz CT molecular complexity index is 255. The molecular weight excluding hydrogens is 194 g/mol. The molecule has 0 aromatic heterocycles. The van der Waals surface area contributed by atoms with Crippen LogP contribution in [0.4, 0.5) is 4.79 Å². The SMILES string of the molecule is CC(C)(C)OC(=O)N1CC(C)(C)C1CO. The molecule has 1 atom stereocenters. The first-order valence-electron chi connectivity index (χ1n) is 5.28. The molecule has 1 unspecified atom stereocenters. The van der Waals surface area contributed by atoms with Crippen LogP contribution in [0.2, 0.25) is 0 Å².